The van der Waals surface area contributed by atoms with E-state index in [9.17, 15) is 4.79 Å². The quantitative estimate of drug-likeness (QED) is 0.793. The number of nitrogens with zero attached hydrogens (tertiary/aromatic N) is 2. The molecule has 1 aliphatic rings. The van der Waals surface area contributed by atoms with Gasteiger partial charge in [0.15, 0.2) is 0 Å². The molecule has 0 fully saturated rings. The van der Waals surface area contributed by atoms with Gasteiger partial charge in [-0.05, 0) is 37.7 Å². The predicted molar refractivity (Wildman–Crippen MR) is 85.2 cm³/mol. The van der Waals surface area contributed by atoms with Crippen molar-refractivity contribution < 1.29 is 4.79 Å². The number of halogens is 1. The molecular weight excluding hydrogens is 312 g/mol. The lowest BCUT2D eigenvalue weighted by Gasteiger charge is -2.09. The zero-order valence-electron chi connectivity index (χ0n) is 11.4. The highest BCUT2D eigenvalue weighted by atomic mass is 35.5. The number of carbonyl (C=O) groups excluding carboxylic acids is 1. The van der Waals surface area contributed by atoms with Crippen LogP contribution in [0.5, 0.6) is 0 Å². The van der Waals surface area contributed by atoms with E-state index in [1.165, 1.54) is 10.4 Å². The molecule has 20 heavy (non-hydrogen) atoms. The summed E-state index contributed by atoms with van der Waals surface area (Å²) in [7, 11) is 0. The Balaban J connectivity index is 2.00. The van der Waals surface area contributed by atoms with E-state index >= 15 is 0 Å². The number of thioether (sulfide) groups is 1. The summed E-state index contributed by atoms with van der Waals surface area (Å²) in [5, 5.41) is 4.64. The molecular formula is C14H15ClN2OS2. The Hall–Kier alpha value is -0.780. The van der Waals surface area contributed by atoms with Gasteiger partial charge >= 0.3 is 0 Å². The number of rotatable bonds is 3. The van der Waals surface area contributed by atoms with E-state index in [0.29, 0.717) is 10.7 Å². The molecule has 3 rings (SSSR count). The number of ketones is 1. The molecule has 0 amide bonds. The molecule has 0 unspecified atom stereocenters. The molecule has 0 bridgehead atoms. The van der Waals surface area contributed by atoms with Gasteiger partial charge in [-0.25, -0.2) is 0 Å². The topological polar surface area (TPSA) is 34.9 Å². The van der Waals surface area contributed by atoms with E-state index in [2.05, 4.69) is 5.10 Å². The Morgan fingerprint density at radius 3 is 3.00 bits per heavy atom. The lowest BCUT2D eigenvalue weighted by molar-refractivity contribution is 0.103. The first-order valence-electron chi connectivity index (χ1n) is 6.55. The van der Waals surface area contributed by atoms with Crippen LogP contribution in [0.4, 0.5) is 0 Å². The van der Waals surface area contributed by atoms with Gasteiger partial charge in [-0.15, -0.1) is 11.3 Å². The molecule has 0 radical (unpaired) electrons. The molecule has 2 aromatic rings. The predicted octanol–water partition coefficient (Wildman–Crippen LogP) is 4.20. The number of carbonyl (C=O) groups is 1. The third kappa shape index (κ3) is 2.43. The molecule has 0 aromatic carbocycles. The molecule has 1 aliphatic heterocycles. The van der Waals surface area contributed by atoms with Gasteiger partial charge in [0.25, 0.3) is 0 Å². The Labute approximate surface area is 131 Å². The Morgan fingerprint density at radius 2 is 2.30 bits per heavy atom. The number of hydrogen-bond donors (Lipinski definition) is 0. The Bertz CT molecular complexity index is 637. The van der Waals surface area contributed by atoms with Crippen molar-refractivity contribution in [3.05, 3.63) is 38.3 Å². The summed E-state index contributed by atoms with van der Waals surface area (Å²) < 4.78 is 1.71. The van der Waals surface area contributed by atoms with Crippen molar-refractivity contribution in [3.63, 3.8) is 0 Å². The van der Waals surface area contributed by atoms with Crippen molar-refractivity contribution in [2.75, 3.05) is 5.75 Å². The zero-order valence-corrected chi connectivity index (χ0v) is 13.7. The molecule has 3 heterocycles. The maximum atomic E-state index is 12.7. The summed E-state index contributed by atoms with van der Waals surface area (Å²) in [6, 6.07) is 2.15. The van der Waals surface area contributed by atoms with Crippen molar-refractivity contribution in [2.45, 2.75) is 32.1 Å². The molecule has 6 heteroatoms. The first-order valence-corrected chi connectivity index (χ1v) is 8.90. The standard InChI is InChI=1S/C14H15ClN2OS2/c1-8(2)17-13(10(15)6-16-17)14(18)12-5-9-7-19-4-3-11(9)20-12/h5-6,8H,3-4,7H2,1-2H3. The minimum Gasteiger partial charge on any atom is -0.286 e. The first-order chi connectivity index (χ1) is 9.58. The monoisotopic (exact) mass is 326 g/mol. The Kier molecular flexibility index (Phi) is 3.93. The number of thiophene rings is 1. The van der Waals surface area contributed by atoms with Gasteiger partial charge in [0, 0.05) is 16.7 Å². The molecule has 106 valence electrons. The fourth-order valence-corrected chi connectivity index (χ4v) is 4.85. The minimum atomic E-state index is -0.00870. The van der Waals surface area contributed by atoms with E-state index in [0.717, 1.165) is 22.8 Å². The summed E-state index contributed by atoms with van der Waals surface area (Å²) in [4.78, 5) is 14.9. The fraction of sp³-hybridized carbons (Fsp3) is 0.429. The third-order valence-corrected chi connectivity index (χ3v) is 5.83. The second-order valence-corrected chi connectivity index (χ2v) is 7.72. The first kappa shape index (κ1) is 14.2. The highest BCUT2D eigenvalue weighted by Crippen LogP contribution is 2.33. The summed E-state index contributed by atoms with van der Waals surface area (Å²) in [5.74, 6) is 2.15. The van der Waals surface area contributed by atoms with Crippen LogP contribution < -0.4 is 0 Å². The highest BCUT2D eigenvalue weighted by Gasteiger charge is 2.24. The number of fused-ring (bicyclic) bond motifs is 1. The molecule has 0 spiro atoms. The molecule has 2 aromatic heterocycles. The average molecular weight is 327 g/mol. The second-order valence-electron chi connectivity index (χ2n) is 5.07. The summed E-state index contributed by atoms with van der Waals surface area (Å²) in [6.07, 6.45) is 2.62. The second kappa shape index (κ2) is 5.54. The van der Waals surface area contributed by atoms with Crippen LogP contribution in [-0.4, -0.2) is 21.3 Å². The maximum absolute atomic E-state index is 12.7. The normalized spacial score (nSPS) is 14.6. The smallest absolute Gasteiger partial charge is 0.222 e. The molecule has 0 aliphatic carbocycles. The van der Waals surface area contributed by atoms with Crippen LogP contribution in [0.25, 0.3) is 0 Å². The number of hydrogen-bond acceptors (Lipinski definition) is 4. The SMILES string of the molecule is CC(C)n1ncc(Cl)c1C(=O)c1cc2c(s1)CCSC2. The van der Waals surface area contributed by atoms with E-state index in [-0.39, 0.29) is 11.8 Å². The van der Waals surface area contributed by atoms with Gasteiger partial charge in [0.1, 0.15) is 5.69 Å². The minimum absolute atomic E-state index is 0.00870. The van der Waals surface area contributed by atoms with E-state index in [4.69, 9.17) is 11.6 Å². The van der Waals surface area contributed by atoms with Gasteiger partial charge in [-0.2, -0.15) is 16.9 Å². The van der Waals surface area contributed by atoms with E-state index in [1.54, 1.807) is 22.2 Å². The van der Waals surface area contributed by atoms with Crippen LogP contribution in [0.1, 0.15) is 45.7 Å². The molecule has 0 N–H and O–H groups in total. The van der Waals surface area contributed by atoms with Crippen LogP contribution in [0.3, 0.4) is 0 Å². The van der Waals surface area contributed by atoms with Gasteiger partial charge in [0.2, 0.25) is 5.78 Å². The molecule has 0 saturated carbocycles. The molecule has 0 saturated heterocycles. The summed E-state index contributed by atoms with van der Waals surface area (Å²) in [6.45, 7) is 3.99. The largest absolute Gasteiger partial charge is 0.286 e. The van der Waals surface area contributed by atoms with Crippen LogP contribution in [0, 0.1) is 0 Å². The Morgan fingerprint density at radius 1 is 1.50 bits per heavy atom. The number of aryl methyl sites for hydroxylation is 1. The van der Waals surface area contributed by atoms with E-state index in [1.807, 2.05) is 31.7 Å². The van der Waals surface area contributed by atoms with Gasteiger partial charge in [0.05, 0.1) is 16.1 Å². The summed E-state index contributed by atoms with van der Waals surface area (Å²) >= 11 is 9.69. The lowest BCUT2D eigenvalue weighted by Crippen LogP contribution is -2.13. The third-order valence-electron chi connectivity index (χ3n) is 3.31. The summed E-state index contributed by atoms with van der Waals surface area (Å²) in [5.41, 5.74) is 1.81. The maximum Gasteiger partial charge on any atom is 0.222 e. The van der Waals surface area contributed by atoms with Crippen molar-refractivity contribution in [3.8, 4) is 0 Å². The molecule has 0 atom stereocenters. The fourth-order valence-electron chi connectivity index (χ4n) is 2.32. The van der Waals surface area contributed by atoms with Crippen LogP contribution in [0.2, 0.25) is 5.02 Å². The van der Waals surface area contributed by atoms with Crippen molar-refractivity contribution in [1.29, 1.82) is 0 Å². The van der Waals surface area contributed by atoms with Crippen LogP contribution >= 0.6 is 34.7 Å². The number of aromatic nitrogens is 2. The average Bonchev–Trinajstić information content (AvgIpc) is 3.01. The van der Waals surface area contributed by atoms with E-state index < -0.39 is 0 Å². The van der Waals surface area contributed by atoms with Gasteiger partial charge in [-0.3, -0.25) is 9.48 Å². The zero-order chi connectivity index (χ0) is 14.3. The van der Waals surface area contributed by atoms with Crippen LogP contribution in [-0.2, 0) is 12.2 Å². The lowest BCUT2D eigenvalue weighted by atomic mass is 10.2. The van der Waals surface area contributed by atoms with Crippen LogP contribution in [0.15, 0.2) is 12.3 Å². The van der Waals surface area contributed by atoms with Crippen molar-refractivity contribution in [1.82, 2.24) is 9.78 Å². The highest BCUT2D eigenvalue weighted by molar-refractivity contribution is 7.98. The van der Waals surface area contributed by atoms with Crippen molar-refractivity contribution in [2.24, 2.45) is 0 Å². The van der Waals surface area contributed by atoms with Gasteiger partial charge < -0.3 is 0 Å². The van der Waals surface area contributed by atoms with Crippen molar-refractivity contribution >= 4 is 40.5 Å². The molecule has 3 nitrogen and oxygen atoms in total. The van der Waals surface area contributed by atoms with Gasteiger partial charge in [-0.1, -0.05) is 11.6 Å².